The Morgan fingerprint density at radius 2 is 1.64 bits per heavy atom. The van der Waals surface area contributed by atoms with Crippen molar-refractivity contribution >= 4 is 21.4 Å². The number of carbonyl (C=O) groups excluding carboxylic acids is 1. The Morgan fingerprint density at radius 1 is 1.04 bits per heavy atom. The van der Waals surface area contributed by atoms with Crippen molar-refractivity contribution in [2.45, 2.75) is 44.4 Å². The minimum Gasteiger partial charge on any atom is -0.326 e. The second kappa shape index (κ2) is 8.30. The first kappa shape index (κ1) is 19.2. The summed E-state index contributed by atoms with van der Waals surface area (Å²) in [6, 6.07) is 14.4. The molecule has 1 amide bonds. The van der Waals surface area contributed by atoms with E-state index in [1.54, 1.807) is 24.3 Å². The monoisotopic (exact) mass is 359 g/mol. The predicted molar refractivity (Wildman–Crippen MR) is 102 cm³/mol. The molecule has 0 spiro atoms. The number of sulfone groups is 1. The number of aryl methyl sites for hydroxylation is 1. The van der Waals surface area contributed by atoms with E-state index in [0.717, 1.165) is 12.0 Å². The first-order valence-electron chi connectivity index (χ1n) is 8.51. The van der Waals surface area contributed by atoms with E-state index >= 15 is 0 Å². The summed E-state index contributed by atoms with van der Waals surface area (Å²) in [6.07, 6.45) is 0.992. The van der Waals surface area contributed by atoms with Crippen molar-refractivity contribution in [3.05, 3.63) is 59.7 Å². The Bertz CT molecular complexity index is 809. The third-order valence-electron chi connectivity index (χ3n) is 4.35. The minimum absolute atomic E-state index is 0.0661. The molecule has 0 heterocycles. The van der Waals surface area contributed by atoms with Gasteiger partial charge in [-0.2, -0.15) is 0 Å². The van der Waals surface area contributed by atoms with E-state index in [1.165, 1.54) is 5.56 Å². The van der Waals surface area contributed by atoms with Gasteiger partial charge in [-0.3, -0.25) is 4.79 Å². The lowest BCUT2D eigenvalue weighted by Gasteiger charge is -2.10. The molecule has 0 aromatic heterocycles. The molecule has 0 bridgehead atoms. The highest BCUT2D eigenvalue weighted by Gasteiger charge is 2.16. The summed E-state index contributed by atoms with van der Waals surface area (Å²) < 4.78 is 24.5. The van der Waals surface area contributed by atoms with Gasteiger partial charge in [-0.1, -0.05) is 43.7 Å². The van der Waals surface area contributed by atoms with Crippen molar-refractivity contribution < 1.29 is 13.2 Å². The third-order valence-corrected chi connectivity index (χ3v) is 6.09. The fourth-order valence-electron chi connectivity index (χ4n) is 2.44. The molecule has 0 aliphatic heterocycles. The van der Waals surface area contributed by atoms with Crippen LogP contribution in [0.1, 0.15) is 43.7 Å². The molecule has 2 rings (SSSR count). The number of amides is 1. The zero-order valence-corrected chi connectivity index (χ0v) is 15.8. The van der Waals surface area contributed by atoms with Gasteiger partial charge in [0.2, 0.25) is 5.91 Å². The van der Waals surface area contributed by atoms with E-state index < -0.39 is 9.84 Å². The maximum Gasteiger partial charge on any atom is 0.225 e. The van der Waals surface area contributed by atoms with Crippen LogP contribution in [0.5, 0.6) is 0 Å². The summed E-state index contributed by atoms with van der Waals surface area (Å²) in [7, 11) is -3.45. The fraction of sp³-hybridized carbons (Fsp3) is 0.350. The molecule has 25 heavy (non-hydrogen) atoms. The molecule has 1 atom stereocenters. The number of hydrogen-bond acceptors (Lipinski definition) is 3. The predicted octanol–water partition coefficient (Wildman–Crippen LogP) is 4.31. The van der Waals surface area contributed by atoms with Gasteiger partial charge in [-0.25, -0.2) is 8.42 Å². The van der Waals surface area contributed by atoms with Gasteiger partial charge >= 0.3 is 0 Å². The number of hydrogen-bond donors (Lipinski definition) is 1. The van der Waals surface area contributed by atoms with E-state index in [-0.39, 0.29) is 23.0 Å². The van der Waals surface area contributed by atoms with Crippen molar-refractivity contribution in [3.63, 3.8) is 0 Å². The number of benzene rings is 2. The van der Waals surface area contributed by atoms with Crippen LogP contribution in [0.4, 0.5) is 5.69 Å². The summed E-state index contributed by atoms with van der Waals surface area (Å²) in [5.74, 6) is -0.0243. The summed E-state index contributed by atoms with van der Waals surface area (Å²) in [5.41, 5.74) is 2.91. The van der Waals surface area contributed by atoms with Crippen LogP contribution in [0, 0.1) is 6.92 Å². The maximum absolute atomic E-state index is 12.3. The molecule has 0 saturated heterocycles. The Balaban J connectivity index is 1.93. The van der Waals surface area contributed by atoms with Crippen LogP contribution in [0.25, 0.3) is 0 Å². The van der Waals surface area contributed by atoms with Gasteiger partial charge in [0, 0.05) is 12.1 Å². The average Bonchev–Trinajstić information content (AvgIpc) is 2.60. The summed E-state index contributed by atoms with van der Waals surface area (Å²) >= 11 is 0. The van der Waals surface area contributed by atoms with Crippen molar-refractivity contribution in [1.29, 1.82) is 0 Å². The van der Waals surface area contributed by atoms with E-state index in [9.17, 15) is 13.2 Å². The standard InChI is InChI=1S/C20H25NO3S/c1-4-16(3)17-7-9-18(10-8-17)21-20(22)13-14-25(23,24)19-11-5-15(2)6-12-19/h5-12,16H,4,13-14H2,1-3H3,(H,21,22). The highest BCUT2D eigenvalue weighted by molar-refractivity contribution is 7.91. The van der Waals surface area contributed by atoms with Crippen molar-refractivity contribution in [2.24, 2.45) is 0 Å². The van der Waals surface area contributed by atoms with Gasteiger partial charge in [-0.05, 0) is 49.1 Å². The zero-order valence-electron chi connectivity index (χ0n) is 15.0. The molecule has 0 fully saturated rings. The molecule has 0 radical (unpaired) electrons. The molecule has 4 nitrogen and oxygen atoms in total. The number of rotatable bonds is 7. The smallest absolute Gasteiger partial charge is 0.225 e. The Labute approximate surface area is 150 Å². The van der Waals surface area contributed by atoms with Gasteiger partial charge in [0.25, 0.3) is 0 Å². The number of anilines is 1. The second-order valence-corrected chi connectivity index (χ2v) is 8.47. The van der Waals surface area contributed by atoms with Crippen LogP contribution >= 0.6 is 0 Å². The van der Waals surface area contributed by atoms with Crippen LogP contribution in [0.3, 0.4) is 0 Å². The van der Waals surface area contributed by atoms with Crippen LogP contribution in [0.2, 0.25) is 0 Å². The molecule has 1 N–H and O–H groups in total. The topological polar surface area (TPSA) is 63.2 Å². The van der Waals surface area contributed by atoms with E-state index in [1.807, 2.05) is 31.2 Å². The van der Waals surface area contributed by atoms with E-state index in [0.29, 0.717) is 11.6 Å². The van der Waals surface area contributed by atoms with Crippen molar-refractivity contribution in [2.75, 3.05) is 11.1 Å². The van der Waals surface area contributed by atoms with E-state index in [4.69, 9.17) is 0 Å². The Kier molecular flexibility index (Phi) is 6.37. The maximum atomic E-state index is 12.3. The molecule has 2 aromatic carbocycles. The van der Waals surface area contributed by atoms with Gasteiger partial charge in [0.1, 0.15) is 0 Å². The van der Waals surface area contributed by atoms with Crippen LogP contribution < -0.4 is 5.32 Å². The molecular formula is C20H25NO3S. The van der Waals surface area contributed by atoms with Crippen LogP contribution in [-0.4, -0.2) is 20.1 Å². The summed E-state index contributed by atoms with van der Waals surface area (Å²) in [5, 5.41) is 2.76. The average molecular weight is 359 g/mol. The lowest BCUT2D eigenvalue weighted by atomic mass is 9.99. The molecule has 0 aliphatic rings. The van der Waals surface area contributed by atoms with Gasteiger partial charge in [0.15, 0.2) is 9.84 Å². The second-order valence-electron chi connectivity index (χ2n) is 6.36. The van der Waals surface area contributed by atoms with Crippen LogP contribution in [0.15, 0.2) is 53.4 Å². The van der Waals surface area contributed by atoms with Crippen LogP contribution in [-0.2, 0) is 14.6 Å². The SMILES string of the molecule is CCC(C)c1ccc(NC(=O)CCS(=O)(=O)c2ccc(C)cc2)cc1. The van der Waals surface area contributed by atoms with Gasteiger partial charge in [0.05, 0.1) is 10.6 Å². The first-order valence-corrected chi connectivity index (χ1v) is 10.2. The zero-order chi connectivity index (χ0) is 18.4. The summed E-state index contributed by atoms with van der Waals surface area (Å²) in [6.45, 7) is 6.19. The lowest BCUT2D eigenvalue weighted by molar-refractivity contribution is -0.115. The molecule has 1 unspecified atom stereocenters. The highest BCUT2D eigenvalue weighted by Crippen LogP contribution is 2.20. The quantitative estimate of drug-likeness (QED) is 0.801. The lowest BCUT2D eigenvalue weighted by Crippen LogP contribution is -2.17. The number of nitrogens with one attached hydrogen (secondary N) is 1. The molecule has 0 aliphatic carbocycles. The van der Waals surface area contributed by atoms with Gasteiger partial charge < -0.3 is 5.32 Å². The van der Waals surface area contributed by atoms with E-state index in [2.05, 4.69) is 19.2 Å². The molecule has 2 aromatic rings. The molecule has 134 valence electrons. The highest BCUT2D eigenvalue weighted by atomic mass is 32.2. The minimum atomic E-state index is -3.45. The van der Waals surface area contributed by atoms with Crippen molar-refractivity contribution in [3.8, 4) is 0 Å². The van der Waals surface area contributed by atoms with Gasteiger partial charge in [-0.15, -0.1) is 0 Å². The summed E-state index contributed by atoms with van der Waals surface area (Å²) in [4.78, 5) is 12.3. The number of carbonyl (C=O) groups is 1. The fourth-order valence-corrected chi connectivity index (χ4v) is 3.69. The third kappa shape index (κ3) is 5.43. The Morgan fingerprint density at radius 3 is 2.20 bits per heavy atom. The molecular weight excluding hydrogens is 334 g/mol. The normalized spacial score (nSPS) is 12.6. The Hall–Kier alpha value is -2.14. The largest absolute Gasteiger partial charge is 0.326 e. The molecule has 0 saturated carbocycles. The van der Waals surface area contributed by atoms with Crippen molar-refractivity contribution in [1.82, 2.24) is 0 Å². The first-order chi connectivity index (χ1) is 11.8. The molecule has 5 heteroatoms.